The van der Waals surface area contributed by atoms with Crippen LogP contribution < -0.4 is 5.56 Å². The first-order chi connectivity index (χ1) is 13.1. The minimum atomic E-state index is -3.32. The molecule has 1 saturated heterocycles. The molecule has 1 aromatic heterocycles. The van der Waals surface area contributed by atoms with E-state index in [1.807, 2.05) is 0 Å². The van der Waals surface area contributed by atoms with Crippen molar-refractivity contribution in [1.82, 2.24) is 4.57 Å². The molecule has 1 aromatic carbocycles. The molecule has 10 heteroatoms. The Morgan fingerprint density at radius 3 is 2.75 bits per heavy atom. The van der Waals surface area contributed by atoms with Gasteiger partial charge in [0.15, 0.2) is 9.84 Å². The predicted octanol–water partition coefficient (Wildman–Crippen LogP) is 2.64. The lowest BCUT2D eigenvalue weighted by molar-refractivity contribution is 0.379. The predicted molar refractivity (Wildman–Crippen MR) is 103 cm³/mol. The molecule has 1 aliphatic heterocycles. The summed E-state index contributed by atoms with van der Waals surface area (Å²) in [5.41, 5.74) is -0.355. The van der Waals surface area contributed by atoms with Crippen LogP contribution in [0.2, 0.25) is 5.02 Å². The molecule has 0 bridgehead atoms. The van der Waals surface area contributed by atoms with Crippen LogP contribution in [0, 0.1) is 24.1 Å². The highest BCUT2D eigenvalue weighted by Crippen LogP contribution is 2.30. The van der Waals surface area contributed by atoms with Gasteiger partial charge in [0, 0.05) is 6.21 Å². The lowest BCUT2D eigenvalue weighted by Crippen LogP contribution is -2.29. The van der Waals surface area contributed by atoms with Crippen LogP contribution >= 0.6 is 11.6 Å². The van der Waals surface area contributed by atoms with E-state index >= 15 is 0 Å². The van der Waals surface area contributed by atoms with Crippen molar-refractivity contribution in [3.05, 3.63) is 56.1 Å². The Kier molecular flexibility index (Phi) is 5.28. The molecule has 0 radical (unpaired) electrons. The number of aliphatic imine (C=N–C) groups is 1. The van der Waals surface area contributed by atoms with Crippen LogP contribution in [0.1, 0.15) is 29.2 Å². The third-order valence-corrected chi connectivity index (χ3v) is 6.65. The number of benzene rings is 1. The minimum absolute atomic E-state index is 0.0981. The SMILES string of the molecule is Cc1c(C=Nc2ccc(F)c(Cl)c2)c(O)n([C@H]2CCS(=O)(=O)C2)c(=O)c1C#N. The molecule has 0 spiro atoms. The second-order valence-corrected chi connectivity index (χ2v) is 9.07. The minimum Gasteiger partial charge on any atom is -0.494 e. The largest absolute Gasteiger partial charge is 0.494 e. The summed E-state index contributed by atoms with van der Waals surface area (Å²) in [5.74, 6) is -1.47. The van der Waals surface area contributed by atoms with Crippen LogP contribution in [-0.4, -0.2) is 35.8 Å². The lowest BCUT2D eigenvalue weighted by atomic mass is 10.0. The molecule has 7 nitrogen and oxygen atoms in total. The molecule has 2 heterocycles. The van der Waals surface area contributed by atoms with E-state index in [1.165, 1.54) is 25.3 Å². The molecule has 1 N–H and O–H groups in total. The fraction of sp³-hybridized carbons (Fsp3) is 0.278. The monoisotopic (exact) mass is 423 g/mol. The van der Waals surface area contributed by atoms with Crippen molar-refractivity contribution in [2.24, 2.45) is 4.99 Å². The first-order valence-electron chi connectivity index (χ1n) is 8.22. The Morgan fingerprint density at radius 2 is 2.18 bits per heavy atom. The van der Waals surface area contributed by atoms with E-state index in [4.69, 9.17) is 11.6 Å². The van der Waals surface area contributed by atoms with E-state index < -0.39 is 33.1 Å². The summed E-state index contributed by atoms with van der Waals surface area (Å²) in [6, 6.07) is 4.82. The molecule has 2 aromatic rings. The summed E-state index contributed by atoms with van der Waals surface area (Å²) >= 11 is 5.72. The van der Waals surface area contributed by atoms with Crippen molar-refractivity contribution < 1.29 is 17.9 Å². The van der Waals surface area contributed by atoms with Gasteiger partial charge in [-0.15, -0.1) is 0 Å². The number of rotatable bonds is 3. The van der Waals surface area contributed by atoms with Gasteiger partial charge in [-0.05, 0) is 37.1 Å². The quantitative estimate of drug-likeness (QED) is 0.762. The number of nitrogens with zero attached hydrogens (tertiary/aromatic N) is 3. The van der Waals surface area contributed by atoms with Crippen molar-refractivity contribution in [3.8, 4) is 11.9 Å². The zero-order chi connectivity index (χ0) is 20.6. The molecule has 0 saturated carbocycles. The molecule has 0 unspecified atom stereocenters. The van der Waals surface area contributed by atoms with Crippen LogP contribution in [-0.2, 0) is 9.84 Å². The molecule has 28 heavy (non-hydrogen) atoms. The average Bonchev–Trinajstić information content (AvgIpc) is 2.97. The Bertz CT molecular complexity index is 1200. The van der Waals surface area contributed by atoms with Crippen LogP contribution in [0.15, 0.2) is 28.0 Å². The van der Waals surface area contributed by atoms with E-state index in [0.29, 0.717) is 5.69 Å². The topological polar surface area (TPSA) is 113 Å². The highest BCUT2D eigenvalue weighted by Gasteiger charge is 2.33. The number of aromatic nitrogens is 1. The van der Waals surface area contributed by atoms with Gasteiger partial charge in [0.05, 0.1) is 33.8 Å². The smallest absolute Gasteiger partial charge is 0.271 e. The summed E-state index contributed by atoms with van der Waals surface area (Å²) in [6.45, 7) is 1.48. The first kappa shape index (κ1) is 20.0. The maximum Gasteiger partial charge on any atom is 0.271 e. The molecular formula is C18H15ClFN3O4S. The maximum atomic E-state index is 13.3. The lowest BCUT2D eigenvalue weighted by Gasteiger charge is -2.18. The Morgan fingerprint density at radius 1 is 1.46 bits per heavy atom. The second-order valence-electron chi connectivity index (χ2n) is 6.44. The van der Waals surface area contributed by atoms with Crippen LogP contribution in [0.3, 0.4) is 0 Å². The van der Waals surface area contributed by atoms with Gasteiger partial charge in [-0.2, -0.15) is 5.26 Å². The zero-order valence-corrected chi connectivity index (χ0v) is 16.3. The number of aromatic hydroxyl groups is 1. The summed E-state index contributed by atoms with van der Waals surface area (Å²) in [7, 11) is -3.32. The summed E-state index contributed by atoms with van der Waals surface area (Å²) < 4.78 is 37.8. The van der Waals surface area contributed by atoms with Crippen molar-refractivity contribution in [2.45, 2.75) is 19.4 Å². The Balaban J connectivity index is 2.14. The molecule has 146 valence electrons. The fourth-order valence-electron chi connectivity index (χ4n) is 3.12. The number of halogens is 2. The number of pyridine rings is 1. The van der Waals surface area contributed by atoms with Gasteiger partial charge in [-0.1, -0.05) is 11.6 Å². The summed E-state index contributed by atoms with van der Waals surface area (Å²) in [4.78, 5) is 16.8. The van der Waals surface area contributed by atoms with Gasteiger partial charge in [0.1, 0.15) is 17.4 Å². The second kappa shape index (κ2) is 7.37. The van der Waals surface area contributed by atoms with Crippen LogP contribution in [0.5, 0.6) is 5.88 Å². The molecule has 1 aliphatic rings. The van der Waals surface area contributed by atoms with E-state index in [0.717, 1.165) is 10.6 Å². The van der Waals surface area contributed by atoms with E-state index in [1.54, 1.807) is 6.07 Å². The molecule has 1 fully saturated rings. The van der Waals surface area contributed by atoms with Gasteiger partial charge in [0.25, 0.3) is 5.56 Å². The van der Waals surface area contributed by atoms with Crippen LogP contribution in [0.4, 0.5) is 10.1 Å². The van der Waals surface area contributed by atoms with E-state index in [2.05, 4.69) is 4.99 Å². The molecular weight excluding hydrogens is 409 g/mol. The third-order valence-electron chi connectivity index (χ3n) is 4.61. The maximum absolute atomic E-state index is 13.3. The van der Waals surface area contributed by atoms with E-state index in [-0.39, 0.29) is 39.6 Å². The number of hydrogen-bond acceptors (Lipinski definition) is 6. The van der Waals surface area contributed by atoms with Crippen molar-refractivity contribution >= 4 is 33.3 Å². The van der Waals surface area contributed by atoms with Gasteiger partial charge in [-0.3, -0.25) is 14.4 Å². The van der Waals surface area contributed by atoms with E-state index in [9.17, 15) is 28.0 Å². The van der Waals surface area contributed by atoms with Crippen molar-refractivity contribution in [2.75, 3.05) is 11.5 Å². The number of nitriles is 1. The zero-order valence-electron chi connectivity index (χ0n) is 14.7. The average molecular weight is 424 g/mol. The number of sulfone groups is 1. The number of hydrogen-bond donors (Lipinski definition) is 1. The summed E-state index contributed by atoms with van der Waals surface area (Å²) in [6.07, 6.45) is 1.39. The van der Waals surface area contributed by atoms with Gasteiger partial charge in [-0.25, -0.2) is 12.8 Å². The normalized spacial score (nSPS) is 18.4. The molecule has 1 atom stereocenters. The Labute approximate surface area is 165 Å². The highest BCUT2D eigenvalue weighted by molar-refractivity contribution is 7.91. The standard InChI is InChI=1S/C18H15ClFN3O4S/c1-10-13(7-21)17(24)23(12-4-5-28(26,27)9-12)18(25)14(10)8-22-11-2-3-16(20)15(19)6-11/h2-3,6,8,12,25H,4-5,9H2,1H3/t12-/m0/s1. The third kappa shape index (κ3) is 3.66. The van der Waals surface area contributed by atoms with Gasteiger partial charge < -0.3 is 5.11 Å². The fourth-order valence-corrected chi connectivity index (χ4v) is 4.99. The van der Waals surface area contributed by atoms with Gasteiger partial charge >= 0.3 is 0 Å². The molecule has 0 aliphatic carbocycles. The van der Waals surface area contributed by atoms with Crippen molar-refractivity contribution in [1.29, 1.82) is 5.26 Å². The highest BCUT2D eigenvalue weighted by atomic mass is 35.5. The van der Waals surface area contributed by atoms with Crippen molar-refractivity contribution in [3.63, 3.8) is 0 Å². The first-order valence-corrected chi connectivity index (χ1v) is 10.4. The Hall–Kier alpha value is -2.70. The van der Waals surface area contributed by atoms with Crippen LogP contribution in [0.25, 0.3) is 0 Å². The van der Waals surface area contributed by atoms with Gasteiger partial charge in [0.2, 0.25) is 5.88 Å². The molecule has 3 rings (SSSR count). The molecule has 0 amide bonds. The summed E-state index contributed by atoms with van der Waals surface area (Å²) in [5, 5.41) is 19.9.